The molecular weight excluding hydrogens is 500 g/mol. The normalized spacial score (nSPS) is 30.8. The minimum atomic E-state index is -0.467. The van der Waals surface area contributed by atoms with E-state index in [-0.39, 0.29) is 60.0 Å². The summed E-state index contributed by atoms with van der Waals surface area (Å²) < 4.78 is 24.0. The van der Waals surface area contributed by atoms with Crippen molar-refractivity contribution >= 4 is 23.5 Å². The topological polar surface area (TPSA) is 119 Å². The van der Waals surface area contributed by atoms with Gasteiger partial charge in [-0.3, -0.25) is 4.79 Å². The number of methoxy groups -OCH3 is 1. The minimum absolute atomic E-state index is 0.0107. The van der Waals surface area contributed by atoms with Crippen LogP contribution >= 0.6 is 0 Å². The van der Waals surface area contributed by atoms with Crippen LogP contribution in [0.5, 0.6) is 0 Å². The predicted octanol–water partition coefficient (Wildman–Crippen LogP) is 4.34. The van der Waals surface area contributed by atoms with Crippen LogP contribution in [0.3, 0.4) is 0 Å². The summed E-state index contributed by atoms with van der Waals surface area (Å²) >= 11 is 0. The molecule has 2 unspecified atom stereocenters. The fraction of sp³-hybridized carbons (Fsp3) is 0.633. The van der Waals surface area contributed by atoms with Gasteiger partial charge in [-0.25, -0.2) is 4.79 Å². The number of Topliss-reactive ketones (excluding diaryl/α,β-unsaturated/α-hetero) is 1. The van der Waals surface area contributed by atoms with Crippen LogP contribution in [-0.4, -0.2) is 67.6 Å². The first-order valence-corrected chi connectivity index (χ1v) is 13.9. The molecule has 2 saturated heterocycles. The number of carbonyl (C=O) groups excluding carboxylic acids is 3. The fourth-order valence-electron chi connectivity index (χ4n) is 5.83. The zero-order chi connectivity index (χ0) is 28.2. The van der Waals surface area contributed by atoms with Gasteiger partial charge in [0.05, 0.1) is 18.6 Å². The summed E-state index contributed by atoms with van der Waals surface area (Å²) in [6.45, 7) is 8.86. The van der Waals surface area contributed by atoms with E-state index in [0.717, 1.165) is 18.4 Å². The molecule has 1 aliphatic carbocycles. The molecule has 39 heavy (non-hydrogen) atoms. The summed E-state index contributed by atoms with van der Waals surface area (Å²) in [5.74, 6) is -0.214. The van der Waals surface area contributed by atoms with Crippen molar-refractivity contribution in [2.75, 3.05) is 25.6 Å². The highest BCUT2D eigenvalue weighted by Gasteiger charge is 2.72. The number of allylic oxidation sites excluding steroid dienone is 1. The largest absolute Gasteiger partial charge is 0.443 e. The molecule has 3 aliphatic rings. The third-order valence-electron chi connectivity index (χ3n) is 8.12. The van der Waals surface area contributed by atoms with E-state index in [1.165, 1.54) is 12.5 Å². The smallest absolute Gasteiger partial charge is 0.407 e. The number of ketones is 1. The van der Waals surface area contributed by atoms with Gasteiger partial charge in [0.15, 0.2) is 0 Å². The third-order valence-corrected chi connectivity index (χ3v) is 8.12. The number of nitrogens with one attached hydrogen (secondary N) is 2. The molecule has 0 radical (unpaired) electrons. The maximum absolute atomic E-state index is 12.7. The average Bonchev–Trinajstić information content (AvgIpc) is 3.80. The minimum Gasteiger partial charge on any atom is -0.443 e. The number of hydrogen-bond acceptors (Lipinski definition) is 7. The van der Waals surface area contributed by atoms with Crippen molar-refractivity contribution < 1.29 is 33.3 Å². The van der Waals surface area contributed by atoms with E-state index in [1.807, 2.05) is 24.3 Å². The van der Waals surface area contributed by atoms with Gasteiger partial charge in [0.25, 0.3) is 0 Å². The molecule has 9 heteroatoms. The van der Waals surface area contributed by atoms with Crippen LogP contribution in [0.4, 0.5) is 10.5 Å². The van der Waals surface area contributed by atoms with Crippen LogP contribution in [-0.2, 0) is 35.0 Å². The van der Waals surface area contributed by atoms with Crippen molar-refractivity contribution in [2.24, 2.45) is 5.92 Å². The van der Waals surface area contributed by atoms with Crippen LogP contribution in [0.15, 0.2) is 35.9 Å². The molecule has 214 valence electrons. The number of alkyl carbamates (subject to hydrolysis) is 1. The average molecular weight is 543 g/mol. The lowest BCUT2D eigenvalue weighted by atomic mass is 9.68. The SMILES string of the molecule is CO[C@H]1[C@H](C2(C)OC2CC=C(C)C)[C@]2(CC[C@H]1OC(=O)NCCc1ccc(NC(=O)CCC(C)=O)cc1)CO2. The van der Waals surface area contributed by atoms with Crippen LogP contribution < -0.4 is 10.6 Å². The number of benzene rings is 1. The molecule has 2 heterocycles. The first-order valence-electron chi connectivity index (χ1n) is 13.9. The van der Waals surface area contributed by atoms with Crippen LogP contribution in [0.25, 0.3) is 0 Å². The fourth-order valence-corrected chi connectivity index (χ4v) is 5.83. The van der Waals surface area contributed by atoms with E-state index in [9.17, 15) is 14.4 Å². The van der Waals surface area contributed by atoms with Crippen molar-refractivity contribution in [3.05, 3.63) is 41.5 Å². The maximum Gasteiger partial charge on any atom is 0.407 e. The Labute approximate surface area is 231 Å². The van der Waals surface area contributed by atoms with E-state index < -0.39 is 6.09 Å². The second-order valence-corrected chi connectivity index (χ2v) is 11.4. The van der Waals surface area contributed by atoms with Crippen molar-refractivity contribution in [3.8, 4) is 0 Å². The Morgan fingerprint density at radius 1 is 1.13 bits per heavy atom. The molecule has 0 bridgehead atoms. The number of hydrogen-bond donors (Lipinski definition) is 2. The predicted molar refractivity (Wildman–Crippen MR) is 146 cm³/mol. The number of ether oxygens (including phenoxy) is 4. The van der Waals surface area contributed by atoms with E-state index in [4.69, 9.17) is 18.9 Å². The Hall–Kier alpha value is -2.75. The van der Waals surface area contributed by atoms with Crippen LogP contribution in [0.1, 0.15) is 65.4 Å². The number of carbonyl (C=O) groups is 3. The molecule has 4 rings (SSSR count). The quantitative estimate of drug-likeness (QED) is 0.298. The lowest BCUT2D eigenvalue weighted by molar-refractivity contribution is -0.121. The Morgan fingerprint density at radius 2 is 1.85 bits per heavy atom. The van der Waals surface area contributed by atoms with Crippen molar-refractivity contribution in [1.82, 2.24) is 5.32 Å². The second-order valence-electron chi connectivity index (χ2n) is 11.4. The maximum atomic E-state index is 12.7. The van der Waals surface area contributed by atoms with Crippen molar-refractivity contribution in [2.45, 2.75) is 95.7 Å². The standard InChI is InChI=1S/C30H42N2O7/c1-19(2)6-12-24-29(4,39-24)27-26(36-5)23(14-16-30(27)18-37-30)38-28(35)31-17-15-21-8-10-22(11-9-21)32-25(34)13-7-20(3)33/h6,8-11,23-24,26-27H,7,12-18H2,1-5H3,(H,31,35)(H,32,34)/t23-,24?,26-,27-,29?,30+/m1/s1. The van der Waals surface area contributed by atoms with Gasteiger partial charge < -0.3 is 34.4 Å². The zero-order valence-corrected chi connectivity index (χ0v) is 23.7. The molecule has 2 aliphatic heterocycles. The summed E-state index contributed by atoms with van der Waals surface area (Å²) in [5.41, 5.74) is 2.31. The molecular formula is C30H42N2O7. The highest BCUT2D eigenvalue weighted by molar-refractivity contribution is 5.93. The summed E-state index contributed by atoms with van der Waals surface area (Å²) in [5, 5.41) is 5.64. The molecule has 1 saturated carbocycles. The molecule has 1 spiro atoms. The van der Waals surface area contributed by atoms with E-state index in [0.29, 0.717) is 31.7 Å². The van der Waals surface area contributed by atoms with Crippen molar-refractivity contribution in [3.63, 3.8) is 0 Å². The second kappa shape index (κ2) is 12.2. The van der Waals surface area contributed by atoms with E-state index >= 15 is 0 Å². The molecule has 2 amide bonds. The van der Waals surface area contributed by atoms with Crippen molar-refractivity contribution in [1.29, 1.82) is 0 Å². The first-order chi connectivity index (χ1) is 18.6. The highest BCUT2D eigenvalue weighted by Crippen LogP contribution is 2.59. The first kappa shape index (κ1) is 29.2. The highest BCUT2D eigenvalue weighted by atomic mass is 16.6. The summed E-state index contributed by atoms with van der Waals surface area (Å²) in [6, 6.07) is 7.42. The summed E-state index contributed by atoms with van der Waals surface area (Å²) in [4.78, 5) is 35.6. The Balaban J connectivity index is 1.26. The van der Waals surface area contributed by atoms with Gasteiger partial charge in [0, 0.05) is 32.2 Å². The van der Waals surface area contributed by atoms with Gasteiger partial charge in [-0.2, -0.15) is 0 Å². The monoisotopic (exact) mass is 542 g/mol. The number of amides is 2. The van der Waals surface area contributed by atoms with E-state index in [1.54, 1.807) is 7.11 Å². The van der Waals surface area contributed by atoms with Crippen LogP contribution in [0.2, 0.25) is 0 Å². The van der Waals surface area contributed by atoms with Gasteiger partial charge in [0.1, 0.15) is 29.2 Å². The zero-order valence-electron chi connectivity index (χ0n) is 23.7. The molecule has 2 N–H and O–H groups in total. The van der Waals surface area contributed by atoms with Gasteiger partial charge in [-0.05, 0) is 71.1 Å². The molecule has 6 atom stereocenters. The Bertz CT molecular complexity index is 1080. The lowest BCUT2D eigenvalue weighted by Gasteiger charge is -2.42. The molecule has 0 aromatic heterocycles. The molecule has 3 fully saturated rings. The van der Waals surface area contributed by atoms with E-state index in [2.05, 4.69) is 37.5 Å². The van der Waals surface area contributed by atoms with Gasteiger partial charge in [-0.15, -0.1) is 0 Å². The van der Waals surface area contributed by atoms with Gasteiger partial charge >= 0.3 is 6.09 Å². The molecule has 1 aromatic rings. The number of rotatable bonds is 12. The summed E-state index contributed by atoms with van der Waals surface area (Å²) in [6.07, 6.45) is 4.49. The van der Waals surface area contributed by atoms with Gasteiger partial charge in [0.2, 0.25) is 5.91 Å². The van der Waals surface area contributed by atoms with Crippen LogP contribution in [0, 0.1) is 5.92 Å². The summed E-state index contributed by atoms with van der Waals surface area (Å²) in [7, 11) is 1.67. The molecule has 1 aromatic carbocycles. The van der Waals surface area contributed by atoms with Gasteiger partial charge in [-0.1, -0.05) is 23.8 Å². The third kappa shape index (κ3) is 7.26. The number of epoxide rings is 2. The Kier molecular flexibility index (Phi) is 9.14. The Morgan fingerprint density at radius 3 is 2.46 bits per heavy atom. The lowest BCUT2D eigenvalue weighted by Crippen LogP contribution is -2.56. The molecule has 9 nitrogen and oxygen atoms in total. The number of anilines is 1.